The van der Waals surface area contributed by atoms with Crippen LogP contribution in [0.4, 0.5) is 0 Å². The molecular formula is C26H40O3. The number of hydrogen-bond donors (Lipinski definition) is 0. The fourth-order valence-corrected chi connectivity index (χ4v) is 8.44. The molecule has 0 heterocycles. The highest BCUT2D eigenvalue weighted by Gasteiger charge is 2.63. The summed E-state index contributed by atoms with van der Waals surface area (Å²) in [6.07, 6.45) is 14.8. The molecule has 162 valence electrons. The smallest absolute Gasteiger partial charge is 0.305 e. The quantitative estimate of drug-likeness (QED) is 0.422. The van der Waals surface area contributed by atoms with Crippen LogP contribution in [-0.4, -0.2) is 18.9 Å². The van der Waals surface area contributed by atoms with E-state index in [1.165, 1.54) is 64.0 Å². The molecule has 4 fully saturated rings. The molecule has 0 amide bonds. The topological polar surface area (TPSA) is 43.4 Å². The lowest BCUT2D eigenvalue weighted by atomic mass is 9.43. The van der Waals surface area contributed by atoms with Gasteiger partial charge in [0, 0.05) is 12.3 Å². The predicted molar refractivity (Wildman–Crippen MR) is 115 cm³/mol. The van der Waals surface area contributed by atoms with Crippen LogP contribution in [0.1, 0.15) is 91.4 Å². The number of allylic oxidation sites excluding steroid dienone is 2. The monoisotopic (exact) mass is 400 g/mol. The van der Waals surface area contributed by atoms with Gasteiger partial charge in [-0.15, -0.1) is 0 Å². The van der Waals surface area contributed by atoms with Gasteiger partial charge >= 0.3 is 5.97 Å². The molecule has 0 N–H and O–H groups in total. The first-order valence-electron chi connectivity index (χ1n) is 12.1. The summed E-state index contributed by atoms with van der Waals surface area (Å²) < 4.78 is 4.83. The van der Waals surface area contributed by atoms with E-state index in [-0.39, 0.29) is 17.3 Å². The summed E-state index contributed by atoms with van der Waals surface area (Å²) in [4.78, 5) is 25.3. The van der Waals surface area contributed by atoms with Crippen molar-refractivity contribution in [1.82, 2.24) is 0 Å². The first-order valence-corrected chi connectivity index (χ1v) is 12.1. The number of ether oxygens (including phenoxy) is 1. The van der Waals surface area contributed by atoms with Crippen molar-refractivity contribution in [2.45, 2.75) is 91.4 Å². The van der Waals surface area contributed by atoms with Crippen LogP contribution in [0, 0.1) is 40.4 Å². The Hall–Kier alpha value is -1.12. The number of carbonyl (C=O) groups excluding carboxylic acids is 2. The Kier molecular flexibility index (Phi) is 5.72. The van der Waals surface area contributed by atoms with Gasteiger partial charge in [0.25, 0.3) is 0 Å². The summed E-state index contributed by atoms with van der Waals surface area (Å²) in [6, 6.07) is 0. The lowest BCUT2D eigenvalue weighted by Crippen LogP contribution is -2.57. The first-order chi connectivity index (χ1) is 13.9. The molecule has 0 radical (unpaired) electrons. The van der Waals surface area contributed by atoms with Crippen LogP contribution in [0.3, 0.4) is 0 Å². The molecule has 4 saturated carbocycles. The summed E-state index contributed by atoms with van der Waals surface area (Å²) >= 11 is 0. The SMILES string of the molecule is C/C=C1/C(=O)C2C3CCC(CCCC(=O)OC)C3(C)CCC2C2(C)CCCCC12. The van der Waals surface area contributed by atoms with E-state index in [4.69, 9.17) is 4.74 Å². The Labute approximate surface area is 177 Å². The number of fused-ring (bicyclic) bond motifs is 5. The van der Waals surface area contributed by atoms with Gasteiger partial charge in [-0.3, -0.25) is 9.59 Å². The van der Waals surface area contributed by atoms with Crippen molar-refractivity contribution in [2.75, 3.05) is 7.11 Å². The van der Waals surface area contributed by atoms with Crippen LogP contribution in [0.25, 0.3) is 0 Å². The molecule has 4 aliphatic carbocycles. The normalized spacial score (nSPS) is 45.4. The molecule has 0 saturated heterocycles. The highest BCUT2D eigenvalue weighted by atomic mass is 16.5. The fourth-order valence-electron chi connectivity index (χ4n) is 8.44. The van der Waals surface area contributed by atoms with Crippen molar-refractivity contribution < 1.29 is 14.3 Å². The van der Waals surface area contributed by atoms with Crippen LogP contribution in [0.5, 0.6) is 0 Å². The Morgan fingerprint density at radius 3 is 2.55 bits per heavy atom. The maximum Gasteiger partial charge on any atom is 0.305 e. The highest BCUT2D eigenvalue weighted by Crippen LogP contribution is 2.67. The van der Waals surface area contributed by atoms with Gasteiger partial charge in [-0.25, -0.2) is 0 Å². The summed E-state index contributed by atoms with van der Waals surface area (Å²) in [7, 11) is 1.48. The molecule has 0 spiro atoms. The summed E-state index contributed by atoms with van der Waals surface area (Å²) in [5.74, 6) is 2.92. The lowest BCUT2D eigenvalue weighted by Gasteiger charge is -2.60. The molecule has 3 nitrogen and oxygen atoms in total. The molecule has 7 atom stereocenters. The van der Waals surface area contributed by atoms with Crippen LogP contribution in [-0.2, 0) is 14.3 Å². The van der Waals surface area contributed by atoms with E-state index in [1.54, 1.807) is 0 Å². The molecule has 4 rings (SSSR count). The van der Waals surface area contributed by atoms with Crippen LogP contribution < -0.4 is 0 Å². The van der Waals surface area contributed by atoms with E-state index in [0.717, 1.165) is 12.8 Å². The van der Waals surface area contributed by atoms with E-state index in [0.29, 0.717) is 41.3 Å². The third-order valence-electron chi connectivity index (χ3n) is 10.0. The van der Waals surface area contributed by atoms with Crippen LogP contribution >= 0.6 is 0 Å². The molecule has 0 aromatic rings. The third kappa shape index (κ3) is 3.22. The maximum absolute atomic E-state index is 13.8. The van der Waals surface area contributed by atoms with Gasteiger partial charge in [-0.05, 0) is 98.4 Å². The van der Waals surface area contributed by atoms with E-state index >= 15 is 0 Å². The van der Waals surface area contributed by atoms with Gasteiger partial charge in [0.2, 0.25) is 0 Å². The Morgan fingerprint density at radius 1 is 1.07 bits per heavy atom. The zero-order valence-electron chi connectivity index (χ0n) is 19.0. The van der Waals surface area contributed by atoms with E-state index in [2.05, 4.69) is 26.8 Å². The van der Waals surface area contributed by atoms with Gasteiger partial charge in [0.1, 0.15) is 0 Å². The molecule has 3 heteroatoms. The standard InChI is InChI=1S/C26H40O3/c1-5-18-19-10-6-7-15-26(19,3)21-14-16-25(2)17(9-8-11-22(27)29-4)12-13-20(25)23(21)24(18)28/h5,17,19-21,23H,6-16H2,1-4H3/b18-5+. The maximum atomic E-state index is 13.8. The van der Waals surface area contributed by atoms with Crippen molar-refractivity contribution in [3.05, 3.63) is 11.6 Å². The second-order valence-corrected chi connectivity index (χ2v) is 10.9. The molecule has 7 unspecified atom stereocenters. The van der Waals surface area contributed by atoms with Crippen molar-refractivity contribution in [1.29, 1.82) is 0 Å². The molecule has 4 aliphatic rings. The summed E-state index contributed by atoms with van der Waals surface area (Å²) in [5, 5.41) is 0. The third-order valence-corrected chi connectivity index (χ3v) is 10.0. The van der Waals surface area contributed by atoms with Gasteiger partial charge in [0.15, 0.2) is 5.78 Å². The summed E-state index contributed by atoms with van der Waals surface area (Å²) in [6.45, 7) is 7.09. The number of hydrogen-bond acceptors (Lipinski definition) is 3. The predicted octanol–water partition coefficient (Wildman–Crippen LogP) is 6.11. The lowest BCUT2D eigenvalue weighted by molar-refractivity contribution is -0.145. The molecule has 0 aromatic carbocycles. The van der Waals surface area contributed by atoms with Gasteiger partial charge < -0.3 is 4.74 Å². The number of carbonyl (C=O) groups is 2. The molecule has 0 aliphatic heterocycles. The Morgan fingerprint density at radius 2 is 1.83 bits per heavy atom. The minimum absolute atomic E-state index is 0.0927. The van der Waals surface area contributed by atoms with Crippen molar-refractivity contribution >= 4 is 11.8 Å². The van der Waals surface area contributed by atoms with E-state index in [9.17, 15) is 9.59 Å². The Balaban J connectivity index is 1.58. The molecule has 29 heavy (non-hydrogen) atoms. The highest BCUT2D eigenvalue weighted by molar-refractivity contribution is 5.99. The van der Waals surface area contributed by atoms with Gasteiger partial charge in [-0.1, -0.05) is 32.8 Å². The average molecular weight is 401 g/mol. The number of methoxy groups -OCH3 is 1. The number of Topliss-reactive ketones (excluding diaryl/α,β-unsaturated/α-hetero) is 1. The van der Waals surface area contributed by atoms with Crippen molar-refractivity contribution in [3.8, 4) is 0 Å². The van der Waals surface area contributed by atoms with Gasteiger partial charge in [0.05, 0.1) is 7.11 Å². The average Bonchev–Trinajstić information content (AvgIpc) is 3.05. The Bertz CT molecular complexity index is 694. The van der Waals surface area contributed by atoms with Crippen molar-refractivity contribution in [2.24, 2.45) is 40.4 Å². The number of rotatable bonds is 4. The molecule has 0 bridgehead atoms. The zero-order chi connectivity index (χ0) is 20.8. The summed E-state index contributed by atoms with van der Waals surface area (Å²) in [5.41, 5.74) is 1.76. The largest absolute Gasteiger partial charge is 0.469 e. The molecule has 0 aromatic heterocycles. The van der Waals surface area contributed by atoms with Crippen LogP contribution in [0.2, 0.25) is 0 Å². The number of ketones is 1. The van der Waals surface area contributed by atoms with Crippen molar-refractivity contribution in [3.63, 3.8) is 0 Å². The van der Waals surface area contributed by atoms with Gasteiger partial charge in [-0.2, -0.15) is 0 Å². The molecular weight excluding hydrogens is 360 g/mol. The minimum atomic E-state index is -0.0927. The second kappa shape index (κ2) is 7.85. The first kappa shape index (κ1) is 21.1. The zero-order valence-corrected chi connectivity index (χ0v) is 19.0. The fraction of sp³-hybridized carbons (Fsp3) is 0.846. The van der Waals surface area contributed by atoms with Crippen LogP contribution in [0.15, 0.2) is 11.6 Å². The van der Waals surface area contributed by atoms with E-state index < -0.39 is 0 Å². The van der Waals surface area contributed by atoms with E-state index in [1.807, 2.05) is 0 Å². The number of esters is 1. The minimum Gasteiger partial charge on any atom is -0.469 e. The second-order valence-electron chi connectivity index (χ2n) is 10.9.